The van der Waals surface area contributed by atoms with Crippen molar-refractivity contribution in [1.82, 2.24) is 10.2 Å². The topological polar surface area (TPSA) is 82.4 Å². The van der Waals surface area contributed by atoms with Gasteiger partial charge in [0.15, 0.2) is 6.61 Å². The number of benzene rings is 1. The number of nitrogens with one attached hydrogen (secondary N) is 1. The lowest BCUT2D eigenvalue weighted by molar-refractivity contribution is -0.150. The highest BCUT2D eigenvalue weighted by Gasteiger charge is 2.62. The van der Waals surface area contributed by atoms with Gasteiger partial charge in [0.1, 0.15) is 23.2 Å². The molecule has 3 atom stereocenters. The predicted octanol–water partition coefficient (Wildman–Crippen LogP) is 1.14. The number of nitriles is 1. The highest BCUT2D eigenvalue weighted by Crippen LogP contribution is 2.50. The lowest BCUT2D eigenvalue weighted by Crippen LogP contribution is -2.69. The summed E-state index contributed by atoms with van der Waals surface area (Å²) in [5.74, 6) is 0.0588. The number of nitrogens with zero attached hydrogens (tertiary/aromatic N) is 2. The van der Waals surface area contributed by atoms with Gasteiger partial charge in [-0.2, -0.15) is 5.26 Å². The van der Waals surface area contributed by atoms with Crippen molar-refractivity contribution < 1.29 is 14.3 Å². The highest BCUT2D eigenvalue weighted by atomic mass is 32.2. The SMILES string of the molecule is CC1(C)SC2C(NC(=O)COc3ccccc3)C(=O)N2C1C#N. The van der Waals surface area contributed by atoms with E-state index in [0.29, 0.717) is 5.75 Å². The fourth-order valence-electron chi connectivity index (χ4n) is 2.83. The molecule has 120 valence electrons. The van der Waals surface area contributed by atoms with Crippen LogP contribution in [0.2, 0.25) is 0 Å². The summed E-state index contributed by atoms with van der Waals surface area (Å²) in [6.07, 6.45) is 0. The number of amides is 2. The zero-order valence-corrected chi connectivity index (χ0v) is 13.7. The molecule has 0 aromatic heterocycles. The molecule has 0 bridgehead atoms. The Morgan fingerprint density at radius 1 is 1.43 bits per heavy atom. The van der Waals surface area contributed by atoms with Crippen LogP contribution in [-0.4, -0.2) is 45.5 Å². The third kappa shape index (κ3) is 2.75. The molecule has 1 aromatic rings. The number of rotatable bonds is 4. The summed E-state index contributed by atoms with van der Waals surface area (Å²) in [5.41, 5.74) is 0. The van der Waals surface area contributed by atoms with Gasteiger partial charge in [0, 0.05) is 4.75 Å². The van der Waals surface area contributed by atoms with Crippen molar-refractivity contribution in [3.05, 3.63) is 30.3 Å². The first kappa shape index (κ1) is 15.7. The van der Waals surface area contributed by atoms with Crippen LogP contribution in [0.5, 0.6) is 5.75 Å². The first-order valence-corrected chi connectivity index (χ1v) is 8.19. The van der Waals surface area contributed by atoms with Crippen LogP contribution in [0.25, 0.3) is 0 Å². The Hall–Kier alpha value is -2.20. The third-order valence-corrected chi connectivity index (χ3v) is 5.56. The van der Waals surface area contributed by atoms with E-state index in [4.69, 9.17) is 4.74 Å². The molecule has 7 heteroatoms. The number of thioether (sulfide) groups is 1. The number of hydrogen-bond acceptors (Lipinski definition) is 5. The monoisotopic (exact) mass is 331 g/mol. The molecule has 0 aliphatic carbocycles. The molecule has 0 spiro atoms. The normalized spacial score (nSPS) is 27.6. The van der Waals surface area contributed by atoms with Gasteiger partial charge in [-0.05, 0) is 26.0 Å². The number of carbonyl (C=O) groups excluding carboxylic acids is 2. The van der Waals surface area contributed by atoms with Gasteiger partial charge in [0.05, 0.1) is 6.07 Å². The van der Waals surface area contributed by atoms with Crippen molar-refractivity contribution >= 4 is 23.6 Å². The van der Waals surface area contributed by atoms with Crippen molar-refractivity contribution in [3.63, 3.8) is 0 Å². The Bertz CT molecular complexity index is 671. The zero-order chi connectivity index (χ0) is 16.6. The van der Waals surface area contributed by atoms with E-state index in [0.717, 1.165) is 0 Å². The second-order valence-corrected chi connectivity index (χ2v) is 7.81. The Kier molecular flexibility index (Phi) is 3.94. The largest absolute Gasteiger partial charge is 0.484 e. The summed E-state index contributed by atoms with van der Waals surface area (Å²) < 4.78 is 5.03. The fourth-order valence-corrected chi connectivity index (χ4v) is 4.40. The minimum Gasteiger partial charge on any atom is -0.484 e. The average molecular weight is 331 g/mol. The average Bonchev–Trinajstić information content (AvgIpc) is 2.79. The Morgan fingerprint density at radius 3 is 2.78 bits per heavy atom. The number of para-hydroxylation sites is 1. The van der Waals surface area contributed by atoms with Crippen LogP contribution in [-0.2, 0) is 9.59 Å². The smallest absolute Gasteiger partial charge is 0.258 e. The van der Waals surface area contributed by atoms with E-state index in [1.165, 1.54) is 0 Å². The standard InChI is InChI=1S/C16H17N3O3S/c1-16(2)11(8-17)19-14(21)13(15(19)23-16)18-12(20)9-22-10-6-4-3-5-7-10/h3-7,11,13,15H,9H2,1-2H3,(H,18,20). The maximum Gasteiger partial charge on any atom is 0.258 e. The molecule has 2 aliphatic heterocycles. The van der Waals surface area contributed by atoms with Crippen LogP contribution < -0.4 is 10.1 Å². The van der Waals surface area contributed by atoms with Gasteiger partial charge in [-0.3, -0.25) is 9.59 Å². The molecule has 2 fully saturated rings. The summed E-state index contributed by atoms with van der Waals surface area (Å²) >= 11 is 1.55. The molecule has 23 heavy (non-hydrogen) atoms. The van der Waals surface area contributed by atoms with Gasteiger partial charge in [0.2, 0.25) is 5.91 Å². The maximum atomic E-state index is 12.2. The molecule has 3 unspecified atom stereocenters. The van der Waals surface area contributed by atoms with Crippen LogP contribution >= 0.6 is 11.8 Å². The van der Waals surface area contributed by atoms with Crippen molar-refractivity contribution in [2.45, 2.75) is 36.1 Å². The number of ether oxygens (including phenoxy) is 1. The third-order valence-electron chi connectivity index (χ3n) is 3.99. The molecular weight excluding hydrogens is 314 g/mol. The Labute approximate surface area is 138 Å². The number of β-lactam (4-membered cyclic amide) rings is 1. The van der Waals surface area contributed by atoms with Gasteiger partial charge < -0.3 is 15.0 Å². The van der Waals surface area contributed by atoms with E-state index in [-0.39, 0.29) is 28.5 Å². The summed E-state index contributed by atoms with van der Waals surface area (Å²) in [6.45, 7) is 3.74. The molecule has 0 radical (unpaired) electrons. The number of carbonyl (C=O) groups is 2. The molecule has 2 saturated heterocycles. The van der Waals surface area contributed by atoms with E-state index < -0.39 is 12.1 Å². The van der Waals surface area contributed by atoms with E-state index in [1.54, 1.807) is 28.8 Å². The van der Waals surface area contributed by atoms with Gasteiger partial charge in [-0.15, -0.1) is 11.8 Å². The second-order valence-electron chi connectivity index (χ2n) is 6.04. The molecule has 1 aromatic carbocycles. The van der Waals surface area contributed by atoms with Crippen LogP contribution in [0.3, 0.4) is 0 Å². The van der Waals surface area contributed by atoms with Gasteiger partial charge >= 0.3 is 0 Å². The zero-order valence-electron chi connectivity index (χ0n) is 12.9. The minimum atomic E-state index is -0.579. The van der Waals surface area contributed by atoms with Crippen molar-refractivity contribution in [1.29, 1.82) is 5.26 Å². The molecule has 3 rings (SSSR count). The first-order valence-electron chi connectivity index (χ1n) is 7.31. The van der Waals surface area contributed by atoms with Crippen molar-refractivity contribution in [2.24, 2.45) is 0 Å². The minimum absolute atomic E-state index is 0.143. The summed E-state index contributed by atoms with van der Waals surface area (Å²) in [7, 11) is 0. The first-order chi connectivity index (χ1) is 10.9. The van der Waals surface area contributed by atoms with Crippen molar-refractivity contribution in [3.8, 4) is 11.8 Å². The Morgan fingerprint density at radius 2 is 2.13 bits per heavy atom. The molecule has 2 heterocycles. The second kappa shape index (κ2) is 5.78. The number of fused-ring (bicyclic) bond motifs is 1. The van der Waals surface area contributed by atoms with E-state index in [1.807, 2.05) is 32.0 Å². The van der Waals surface area contributed by atoms with Gasteiger partial charge in [-0.25, -0.2) is 0 Å². The Balaban J connectivity index is 1.57. The van der Waals surface area contributed by atoms with Gasteiger partial charge in [0.25, 0.3) is 5.91 Å². The molecule has 2 amide bonds. The van der Waals surface area contributed by atoms with E-state index in [2.05, 4.69) is 11.4 Å². The van der Waals surface area contributed by atoms with Crippen LogP contribution in [0, 0.1) is 11.3 Å². The maximum absolute atomic E-state index is 12.2. The summed E-state index contributed by atoms with van der Waals surface area (Å²) in [5, 5.41) is 11.8. The number of hydrogen-bond donors (Lipinski definition) is 1. The molecule has 6 nitrogen and oxygen atoms in total. The van der Waals surface area contributed by atoms with Crippen LogP contribution in [0.1, 0.15) is 13.8 Å². The molecule has 1 N–H and O–H groups in total. The molecular formula is C16H17N3O3S. The molecule has 2 aliphatic rings. The predicted molar refractivity (Wildman–Crippen MR) is 85.6 cm³/mol. The fraction of sp³-hybridized carbons (Fsp3) is 0.438. The van der Waals surface area contributed by atoms with Gasteiger partial charge in [-0.1, -0.05) is 18.2 Å². The lowest BCUT2D eigenvalue weighted by Gasteiger charge is -2.42. The highest BCUT2D eigenvalue weighted by molar-refractivity contribution is 8.01. The van der Waals surface area contributed by atoms with Crippen LogP contribution in [0.4, 0.5) is 0 Å². The lowest BCUT2D eigenvalue weighted by atomic mass is 9.97. The van der Waals surface area contributed by atoms with E-state index in [9.17, 15) is 14.9 Å². The molecule has 0 saturated carbocycles. The summed E-state index contributed by atoms with van der Waals surface area (Å²) in [6, 6.07) is 10.2. The van der Waals surface area contributed by atoms with Crippen LogP contribution in [0.15, 0.2) is 30.3 Å². The van der Waals surface area contributed by atoms with E-state index >= 15 is 0 Å². The summed E-state index contributed by atoms with van der Waals surface area (Å²) in [4.78, 5) is 25.8. The quantitative estimate of drug-likeness (QED) is 0.837. The van der Waals surface area contributed by atoms with Crippen molar-refractivity contribution in [2.75, 3.05) is 6.61 Å².